The predicted octanol–water partition coefficient (Wildman–Crippen LogP) is 1.06. The Bertz CT molecular complexity index is 295. The molecular formula is C13H22FN3O. The third-order valence-electron chi connectivity index (χ3n) is 3.61. The van der Waals surface area contributed by atoms with E-state index in [1.807, 2.05) is 6.08 Å². The number of likely N-dealkylation sites (tertiary alicyclic amines) is 1. The molecule has 0 bridgehead atoms. The standard InChI is InChI=1S/C13H22FN3O/c14-17-11-9-16(10-12-17)13(18)5-4-8-15-6-2-1-3-7-15/h4-5H,1-3,6-12H2/b5-4+. The van der Waals surface area contributed by atoms with E-state index < -0.39 is 0 Å². The lowest BCUT2D eigenvalue weighted by Gasteiger charge is -2.29. The van der Waals surface area contributed by atoms with Gasteiger partial charge in [-0.15, -0.1) is 9.60 Å². The Morgan fingerprint density at radius 3 is 2.33 bits per heavy atom. The zero-order valence-electron chi connectivity index (χ0n) is 10.9. The molecule has 0 aromatic carbocycles. The minimum absolute atomic E-state index is 0.0140. The summed E-state index contributed by atoms with van der Waals surface area (Å²) in [7, 11) is 0. The van der Waals surface area contributed by atoms with Crippen molar-refractivity contribution in [2.45, 2.75) is 19.3 Å². The smallest absolute Gasteiger partial charge is 0.246 e. The summed E-state index contributed by atoms with van der Waals surface area (Å²) in [5, 5.41) is 0.765. The van der Waals surface area contributed by atoms with Crippen molar-refractivity contribution in [2.24, 2.45) is 0 Å². The van der Waals surface area contributed by atoms with Crippen LogP contribution in [0.1, 0.15) is 19.3 Å². The molecule has 4 nitrogen and oxygen atoms in total. The molecule has 5 heteroatoms. The van der Waals surface area contributed by atoms with Crippen molar-refractivity contribution in [2.75, 3.05) is 45.8 Å². The van der Waals surface area contributed by atoms with Gasteiger partial charge in [0.1, 0.15) is 0 Å². The molecule has 0 atom stereocenters. The number of halogens is 1. The van der Waals surface area contributed by atoms with Gasteiger partial charge in [-0.25, -0.2) is 0 Å². The number of hydrogen-bond donors (Lipinski definition) is 0. The van der Waals surface area contributed by atoms with Crippen molar-refractivity contribution in [3.05, 3.63) is 12.2 Å². The van der Waals surface area contributed by atoms with Crippen LogP contribution in [0, 0.1) is 0 Å². The fourth-order valence-electron chi connectivity index (χ4n) is 2.45. The quantitative estimate of drug-likeness (QED) is 0.557. The molecular weight excluding hydrogens is 233 g/mol. The monoisotopic (exact) mass is 255 g/mol. The summed E-state index contributed by atoms with van der Waals surface area (Å²) in [5.74, 6) is 0.0140. The molecule has 0 spiro atoms. The van der Waals surface area contributed by atoms with Gasteiger partial charge in [0.15, 0.2) is 0 Å². The first-order valence-electron chi connectivity index (χ1n) is 6.84. The van der Waals surface area contributed by atoms with Crippen LogP contribution in [0.5, 0.6) is 0 Å². The Kier molecular flexibility index (Phi) is 5.13. The van der Waals surface area contributed by atoms with Crippen molar-refractivity contribution in [3.63, 3.8) is 0 Å². The lowest BCUT2D eigenvalue weighted by molar-refractivity contribution is -0.130. The maximum atomic E-state index is 12.8. The van der Waals surface area contributed by atoms with Crippen molar-refractivity contribution in [1.29, 1.82) is 0 Å². The molecule has 2 heterocycles. The van der Waals surface area contributed by atoms with Gasteiger partial charge < -0.3 is 4.90 Å². The number of carbonyl (C=O) groups is 1. The molecule has 2 saturated heterocycles. The third kappa shape index (κ3) is 4.07. The van der Waals surface area contributed by atoms with Gasteiger partial charge in [0, 0.05) is 38.8 Å². The van der Waals surface area contributed by atoms with Crippen molar-refractivity contribution >= 4 is 5.91 Å². The van der Waals surface area contributed by atoms with Gasteiger partial charge in [0.25, 0.3) is 0 Å². The zero-order valence-corrected chi connectivity index (χ0v) is 10.9. The zero-order chi connectivity index (χ0) is 12.8. The Morgan fingerprint density at radius 1 is 1.00 bits per heavy atom. The number of nitrogens with zero attached hydrogens (tertiary/aromatic N) is 3. The molecule has 102 valence electrons. The summed E-state index contributed by atoms with van der Waals surface area (Å²) in [5.41, 5.74) is 0. The number of piperidine rings is 1. The van der Waals surface area contributed by atoms with E-state index in [0.717, 1.165) is 24.8 Å². The highest BCUT2D eigenvalue weighted by atomic mass is 19.2. The number of carbonyl (C=O) groups excluding carboxylic acids is 1. The van der Waals surface area contributed by atoms with E-state index in [1.54, 1.807) is 11.0 Å². The molecule has 2 rings (SSSR count). The Hall–Kier alpha value is -0.940. The first-order valence-corrected chi connectivity index (χ1v) is 6.84. The van der Waals surface area contributed by atoms with E-state index in [4.69, 9.17) is 0 Å². The first kappa shape index (κ1) is 13.5. The van der Waals surface area contributed by atoms with E-state index in [1.165, 1.54) is 19.3 Å². The minimum atomic E-state index is 0.0140. The first-order chi connectivity index (χ1) is 8.75. The van der Waals surface area contributed by atoms with Gasteiger partial charge in [-0.3, -0.25) is 9.69 Å². The van der Waals surface area contributed by atoms with Crippen molar-refractivity contribution < 1.29 is 9.28 Å². The Labute approximate surface area is 108 Å². The highest BCUT2D eigenvalue weighted by Crippen LogP contribution is 2.08. The molecule has 0 unspecified atom stereocenters. The summed E-state index contributed by atoms with van der Waals surface area (Å²) in [6, 6.07) is 0. The van der Waals surface area contributed by atoms with Crippen molar-refractivity contribution in [1.82, 2.24) is 14.9 Å². The summed E-state index contributed by atoms with van der Waals surface area (Å²) in [6.07, 6.45) is 7.44. The average molecular weight is 255 g/mol. The molecule has 1 amide bonds. The van der Waals surface area contributed by atoms with E-state index >= 15 is 0 Å². The summed E-state index contributed by atoms with van der Waals surface area (Å²) in [4.78, 5) is 15.9. The second-order valence-corrected chi connectivity index (χ2v) is 5.00. The van der Waals surface area contributed by atoms with Crippen molar-refractivity contribution in [3.8, 4) is 0 Å². The molecule has 0 aromatic heterocycles. The van der Waals surface area contributed by atoms with Crippen LogP contribution in [-0.4, -0.2) is 66.6 Å². The molecule has 0 radical (unpaired) electrons. The molecule has 0 aliphatic carbocycles. The average Bonchev–Trinajstić information content (AvgIpc) is 2.40. The van der Waals surface area contributed by atoms with Crippen LogP contribution in [0.4, 0.5) is 4.48 Å². The fraction of sp³-hybridized carbons (Fsp3) is 0.769. The van der Waals surface area contributed by atoms with Gasteiger partial charge >= 0.3 is 0 Å². The van der Waals surface area contributed by atoms with E-state index in [2.05, 4.69) is 4.90 Å². The second-order valence-electron chi connectivity index (χ2n) is 5.00. The highest BCUT2D eigenvalue weighted by Gasteiger charge is 2.18. The largest absolute Gasteiger partial charge is 0.336 e. The van der Waals surface area contributed by atoms with Crippen LogP contribution in [-0.2, 0) is 4.79 Å². The van der Waals surface area contributed by atoms with Crippen LogP contribution in [0.25, 0.3) is 0 Å². The predicted molar refractivity (Wildman–Crippen MR) is 68.7 cm³/mol. The molecule has 0 saturated carbocycles. The van der Waals surface area contributed by atoms with Crippen LogP contribution < -0.4 is 0 Å². The maximum absolute atomic E-state index is 12.8. The van der Waals surface area contributed by atoms with Crippen LogP contribution in [0.2, 0.25) is 0 Å². The van der Waals surface area contributed by atoms with Gasteiger partial charge in [-0.2, -0.15) is 0 Å². The number of piperazine rings is 1. The maximum Gasteiger partial charge on any atom is 0.246 e. The molecule has 2 fully saturated rings. The topological polar surface area (TPSA) is 26.8 Å². The highest BCUT2D eigenvalue weighted by molar-refractivity contribution is 5.87. The van der Waals surface area contributed by atoms with E-state index in [9.17, 15) is 9.28 Å². The molecule has 2 aliphatic heterocycles. The summed E-state index contributed by atoms with van der Waals surface area (Å²) >= 11 is 0. The minimum Gasteiger partial charge on any atom is -0.336 e. The van der Waals surface area contributed by atoms with Gasteiger partial charge in [0.2, 0.25) is 5.91 Å². The summed E-state index contributed by atoms with van der Waals surface area (Å²) < 4.78 is 12.8. The van der Waals surface area contributed by atoms with Gasteiger partial charge in [-0.1, -0.05) is 12.5 Å². The lowest BCUT2D eigenvalue weighted by Crippen LogP contribution is -2.45. The van der Waals surface area contributed by atoms with Crippen LogP contribution >= 0.6 is 0 Å². The molecule has 0 N–H and O–H groups in total. The Morgan fingerprint density at radius 2 is 1.67 bits per heavy atom. The number of amides is 1. The lowest BCUT2D eigenvalue weighted by atomic mass is 10.1. The number of rotatable bonds is 3. The van der Waals surface area contributed by atoms with Gasteiger partial charge in [-0.05, 0) is 25.9 Å². The summed E-state index contributed by atoms with van der Waals surface area (Å²) in [6.45, 7) is 4.76. The van der Waals surface area contributed by atoms with E-state index in [-0.39, 0.29) is 5.91 Å². The van der Waals surface area contributed by atoms with Crippen LogP contribution in [0.15, 0.2) is 12.2 Å². The second kappa shape index (κ2) is 6.85. The van der Waals surface area contributed by atoms with Gasteiger partial charge in [0.05, 0.1) is 0 Å². The molecule has 0 aromatic rings. The number of hydrogen-bond acceptors (Lipinski definition) is 3. The molecule has 2 aliphatic rings. The normalized spacial score (nSPS) is 23.7. The third-order valence-corrected chi connectivity index (χ3v) is 3.61. The SMILES string of the molecule is O=C(/C=C/CN1CCCCC1)N1CCN(F)CC1. The van der Waals surface area contributed by atoms with Crippen LogP contribution in [0.3, 0.4) is 0 Å². The molecule has 18 heavy (non-hydrogen) atoms. The van der Waals surface area contributed by atoms with E-state index in [0.29, 0.717) is 26.2 Å². The fourth-order valence-corrected chi connectivity index (χ4v) is 2.45. The Balaban J connectivity index is 1.69.